The van der Waals surface area contributed by atoms with Crippen molar-refractivity contribution < 1.29 is 23.0 Å². The van der Waals surface area contributed by atoms with Crippen molar-refractivity contribution in [2.75, 3.05) is 49.7 Å². The summed E-state index contributed by atoms with van der Waals surface area (Å²) >= 11 is 0. The predicted octanol–water partition coefficient (Wildman–Crippen LogP) is 2.96. The second kappa shape index (κ2) is 11.0. The number of hydrogen-bond donors (Lipinski definition) is 1. The van der Waals surface area contributed by atoms with Crippen LogP contribution in [0.15, 0.2) is 46.4 Å². The molecule has 36 heavy (non-hydrogen) atoms. The average molecular weight is 519 g/mol. The number of benzene rings is 2. The number of anilines is 2. The highest BCUT2D eigenvalue weighted by Crippen LogP contribution is 2.31. The van der Waals surface area contributed by atoms with Gasteiger partial charge in [-0.15, -0.1) is 0 Å². The second-order valence-electron chi connectivity index (χ2n) is 8.37. The fourth-order valence-electron chi connectivity index (χ4n) is 4.20. The van der Waals surface area contributed by atoms with Crippen LogP contribution in [-0.4, -0.2) is 68.2 Å². The summed E-state index contributed by atoms with van der Waals surface area (Å²) in [4.78, 5) is 23.2. The van der Waals surface area contributed by atoms with Crippen LogP contribution >= 0.6 is 0 Å². The number of hydrogen-bond acceptors (Lipinski definition) is 10. The number of sulfonamides is 1. The summed E-state index contributed by atoms with van der Waals surface area (Å²) in [5.74, 6) is 0. The first-order valence-electron chi connectivity index (χ1n) is 11.5. The Kier molecular flexibility index (Phi) is 7.76. The highest BCUT2D eigenvalue weighted by Gasteiger charge is 2.30. The summed E-state index contributed by atoms with van der Waals surface area (Å²) in [6, 6.07) is 7.95. The summed E-state index contributed by atoms with van der Waals surface area (Å²) in [6.07, 6.45) is 3.72. The third-order valence-electron chi connectivity index (χ3n) is 6.07. The normalized spacial score (nSPS) is 17.3. The van der Waals surface area contributed by atoms with E-state index in [-0.39, 0.29) is 22.0 Å². The first-order valence-corrected chi connectivity index (χ1v) is 12.9. The summed E-state index contributed by atoms with van der Waals surface area (Å²) in [6.45, 7) is 2.92. The van der Waals surface area contributed by atoms with Crippen LogP contribution in [0.4, 0.5) is 22.7 Å². The van der Waals surface area contributed by atoms with Gasteiger partial charge in [-0.05, 0) is 25.0 Å². The van der Waals surface area contributed by atoms with Crippen LogP contribution in [0.3, 0.4) is 0 Å². The number of piperidine rings is 1. The van der Waals surface area contributed by atoms with Crippen molar-refractivity contribution in [2.24, 2.45) is 5.10 Å². The SMILES string of the molecule is O=[N+]([O-])c1ccc(N2CCOCC2)c(C=NNc2ccc([N+](=O)[O-])cc2S(=O)(=O)N2CCCCC2)c1. The van der Waals surface area contributed by atoms with E-state index in [0.29, 0.717) is 57.8 Å². The highest BCUT2D eigenvalue weighted by atomic mass is 32.2. The van der Waals surface area contributed by atoms with Crippen molar-refractivity contribution in [2.45, 2.75) is 24.2 Å². The monoisotopic (exact) mass is 518 g/mol. The zero-order valence-corrected chi connectivity index (χ0v) is 20.2. The molecule has 192 valence electrons. The number of nitro groups is 2. The molecule has 0 atom stereocenters. The lowest BCUT2D eigenvalue weighted by molar-refractivity contribution is -0.385. The standard InChI is InChI=1S/C22H26N6O7S/c29-27(30)18-5-7-21(25-10-12-35-13-11-25)17(14-18)16-23-24-20-6-4-19(28(31)32)15-22(20)36(33,34)26-8-2-1-3-9-26/h4-7,14-16,24H,1-3,8-13H2. The number of nitrogens with zero attached hydrogens (tertiary/aromatic N) is 5. The Hall–Kier alpha value is -3.62. The summed E-state index contributed by atoms with van der Waals surface area (Å²) in [5, 5.41) is 26.8. The third-order valence-corrected chi connectivity index (χ3v) is 8.01. The lowest BCUT2D eigenvalue weighted by Crippen LogP contribution is -2.36. The van der Waals surface area contributed by atoms with Gasteiger partial charge in [0.25, 0.3) is 11.4 Å². The Labute approximate surface area is 207 Å². The minimum atomic E-state index is -4.01. The number of ether oxygens (including phenoxy) is 1. The molecule has 0 unspecified atom stereocenters. The van der Waals surface area contributed by atoms with Gasteiger partial charge < -0.3 is 9.64 Å². The predicted molar refractivity (Wildman–Crippen MR) is 133 cm³/mol. The quantitative estimate of drug-likeness (QED) is 0.315. The van der Waals surface area contributed by atoms with Crippen LogP contribution in [0.5, 0.6) is 0 Å². The number of non-ortho nitro benzene ring substituents is 2. The molecule has 13 nitrogen and oxygen atoms in total. The lowest BCUT2D eigenvalue weighted by Gasteiger charge is -2.29. The molecule has 2 fully saturated rings. The van der Waals surface area contributed by atoms with Crippen LogP contribution in [0.25, 0.3) is 0 Å². The van der Waals surface area contributed by atoms with Gasteiger partial charge >= 0.3 is 0 Å². The molecule has 2 heterocycles. The molecule has 0 amide bonds. The molecule has 0 saturated carbocycles. The van der Waals surface area contributed by atoms with Crippen molar-refractivity contribution in [3.8, 4) is 0 Å². The number of morpholine rings is 1. The Morgan fingerprint density at radius 1 is 0.917 bits per heavy atom. The van der Waals surface area contributed by atoms with E-state index < -0.39 is 19.9 Å². The molecule has 2 saturated heterocycles. The van der Waals surface area contributed by atoms with Gasteiger partial charge in [0, 0.05) is 61.7 Å². The van der Waals surface area contributed by atoms with Crippen molar-refractivity contribution in [1.29, 1.82) is 0 Å². The smallest absolute Gasteiger partial charge is 0.270 e. The molecule has 0 aliphatic carbocycles. The molecule has 2 aromatic carbocycles. The highest BCUT2D eigenvalue weighted by molar-refractivity contribution is 7.89. The fourth-order valence-corrected chi connectivity index (χ4v) is 5.88. The van der Waals surface area contributed by atoms with Gasteiger partial charge in [-0.2, -0.15) is 9.41 Å². The van der Waals surface area contributed by atoms with E-state index in [1.165, 1.54) is 34.8 Å². The molecule has 4 rings (SSSR count). The van der Waals surface area contributed by atoms with Gasteiger partial charge in [0.15, 0.2) is 0 Å². The molecule has 14 heteroatoms. The maximum absolute atomic E-state index is 13.3. The van der Waals surface area contributed by atoms with Crippen LogP contribution in [0, 0.1) is 20.2 Å². The van der Waals surface area contributed by atoms with Crippen molar-refractivity contribution in [1.82, 2.24) is 4.31 Å². The average Bonchev–Trinajstić information content (AvgIpc) is 2.89. The Bertz CT molecular complexity index is 1270. The van der Waals surface area contributed by atoms with E-state index in [0.717, 1.165) is 18.2 Å². The molecule has 0 spiro atoms. The zero-order chi connectivity index (χ0) is 25.7. The minimum absolute atomic E-state index is 0.0702. The van der Waals surface area contributed by atoms with Gasteiger partial charge in [0.2, 0.25) is 10.0 Å². The second-order valence-corrected chi connectivity index (χ2v) is 10.3. The number of nitro benzene ring substituents is 2. The Balaban J connectivity index is 1.66. The fraction of sp³-hybridized carbons (Fsp3) is 0.409. The Morgan fingerprint density at radius 2 is 1.56 bits per heavy atom. The molecule has 2 aromatic rings. The molecular formula is C22H26N6O7S. The zero-order valence-electron chi connectivity index (χ0n) is 19.4. The minimum Gasteiger partial charge on any atom is -0.378 e. The maximum Gasteiger partial charge on any atom is 0.270 e. The summed E-state index contributed by atoms with van der Waals surface area (Å²) in [5.41, 5.74) is 3.46. The lowest BCUT2D eigenvalue weighted by atomic mass is 10.1. The van der Waals surface area contributed by atoms with Crippen LogP contribution in [-0.2, 0) is 14.8 Å². The van der Waals surface area contributed by atoms with E-state index in [4.69, 9.17) is 4.74 Å². The van der Waals surface area contributed by atoms with Crippen LogP contribution in [0.2, 0.25) is 0 Å². The van der Waals surface area contributed by atoms with E-state index in [9.17, 15) is 28.6 Å². The molecule has 0 aromatic heterocycles. The molecule has 0 radical (unpaired) electrons. The van der Waals surface area contributed by atoms with Crippen molar-refractivity contribution in [3.63, 3.8) is 0 Å². The molecular weight excluding hydrogens is 492 g/mol. The maximum atomic E-state index is 13.3. The van der Waals surface area contributed by atoms with Gasteiger partial charge in [-0.3, -0.25) is 25.7 Å². The van der Waals surface area contributed by atoms with Gasteiger partial charge in [0.05, 0.1) is 35.0 Å². The Morgan fingerprint density at radius 3 is 2.22 bits per heavy atom. The van der Waals surface area contributed by atoms with Crippen molar-refractivity contribution in [3.05, 3.63) is 62.2 Å². The topological polar surface area (TPSA) is 161 Å². The van der Waals surface area contributed by atoms with E-state index >= 15 is 0 Å². The molecule has 2 aliphatic heterocycles. The van der Waals surface area contributed by atoms with E-state index in [1.54, 1.807) is 6.07 Å². The van der Waals surface area contributed by atoms with Crippen LogP contribution < -0.4 is 10.3 Å². The van der Waals surface area contributed by atoms with Gasteiger partial charge in [-0.25, -0.2) is 8.42 Å². The molecule has 1 N–H and O–H groups in total. The first-order chi connectivity index (χ1) is 17.3. The van der Waals surface area contributed by atoms with Gasteiger partial charge in [0.1, 0.15) is 4.90 Å². The summed E-state index contributed by atoms with van der Waals surface area (Å²) in [7, 11) is -4.01. The number of rotatable bonds is 8. The number of nitrogens with one attached hydrogen (secondary N) is 1. The van der Waals surface area contributed by atoms with Gasteiger partial charge in [-0.1, -0.05) is 6.42 Å². The molecule has 2 aliphatic rings. The summed E-state index contributed by atoms with van der Waals surface area (Å²) < 4.78 is 33.3. The van der Waals surface area contributed by atoms with E-state index in [1.807, 2.05) is 4.90 Å². The largest absolute Gasteiger partial charge is 0.378 e. The molecule has 0 bridgehead atoms. The third kappa shape index (κ3) is 5.61. The number of hydrazone groups is 1. The van der Waals surface area contributed by atoms with Crippen molar-refractivity contribution >= 4 is 39.0 Å². The van der Waals surface area contributed by atoms with Crippen LogP contribution in [0.1, 0.15) is 24.8 Å². The first kappa shape index (κ1) is 25.5. The van der Waals surface area contributed by atoms with E-state index in [2.05, 4.69) is 10.5 Å².